The minimum Gasteiger partial charge on any atom is -0.295 e. The van der Waals surface area contributed by atoms with Crippen LogP contribution >= 0.6 is 23.2 Å². The Bertz CT molecular complexity index is 1420. The van der Waals surface area contributed by atoms with E-state index < -0.39 is 11.1 Å². The molecule has 6 heteroatoms. The number of rotatable bonds is 2. The van der Waals surface area contributed by atoms with Crippen molar-refractivity contribution in [3.63, 3.8) is 0 Å². The van der Waals surface area contributed by atoms with Crippen LogP contribution in [0.1, 0.15) is 36.1 Å². The maximum absolute atomic E-state index is 13.7. The summed E-state index contributed by atoms with van der Waals surface area (Å²) >= 11 is 13.2. The SMILES string of the molecule is CC(=O)N1c2ccc(Cl)cc2[C@@]2(c3ccccc3)N(C(C)=O)c3ccc(Cl)cc3[C@@]12c1ccccc1. The van der Waals surface area contributed by atoms with E-state index in [9.17, 15) is 9.59 Å². The molecule has 0 radical (unpaired) electrons. The van der Waals surface area contributed by atoms with Gasteiger partial charge < -0.3 is 0 Å². The molecule has 178 valence electrons. The molecule has 2 aliphatic heterocycles. The van der Waals surface area contributed by atoms with Crippen molar-refractivity contribution in [3.05, 3.63) is 129 Å². The van der Waals surface area contributed by atoms with E-state index in [4.69, 9.17) is 23.2 Å². The molecule has 0 spiro atoms. The summed E-state index contributed by atoms with van der Waals surface area (Å²) in [6.45, 7) is 3.12. The number of carbonyl (C=O) groups excluding carboxylic acids is 2. The zero-order chi connectivity index (χ0) is 25.2. The number of fused-ring (bicyclic) bond motifs is 5. The van der Waals surface area contributed by atoms with Crippen LogP contribution in [0, 0.1) is 0 Å². The summed E-state index contributed by atoms with van der Waals surface area (Å²) < 4.78 is 0. The van der Waals surface area contributed by atoms with E-state index in [1.54, 1.807) is 26.0 Å². The summed E-state index contributed by atoms with van der Waals surface area (Å²) in [6.07, 6.45) is 0. The Labute approximate surface area is 219 Å². The highest BCUT2D eigenvalue weighted by Gasteiger charge is 2.73. The molecule has 0 saturated carbocycles. The summed E-state index contributed by atoms with van der Waals surface area (Å²) in [5, 5.41) is 1.04. The molecule has 0 aliphatic carbocycles. The van der Waals surface area contributed by atoms with Crippen LogP contribution in [0.25, 0.3) is 0 Å². The molecule has 0 bridgehead atoms. The highest BCUT2D eigenvalue weighted by molar-refractivity contribution is 6.31. The lowest BCUT2D eigenvalue weighted by Gasteiger charge is -2.49. The maximum Gasteiger partial charge on any atom is 0.225 e. The lowest BCUT2D eigenvalue weighted by molar-refractivity contribution is -0.119. The van der Waals surface area contributed by atoms with Crippen molar-refractivity contribution in [3.8, 4) is 0 Å². The van der Waals surface area contributed by atoms with E-state index in [0.717, 1.165) is 22.3 Å². The van der Waals surface area contributed by atoms with Crippen LogP contribution in [0.3, 0.4) is 0 Å². The van der Waals surface area contributed by atoms with Crippen molar-refractivity contribution in [2.24, 2.45) is 0 Å². The molecule has 0 fully saturated rings. The third-order valence-corrected chi connectivity index (χ3v) is 7.86. The van der Waals surface area contributed by atoms with Crippen molar-refractivity contribution in [1.29, 1.82) is 0 Å². The average molecular weight is 513 g/mol. The van der Waals surface area contributed by atoms with E-state index in [-0.39, 0.29) is 11.8 Å². The van der Waals surface area contributed by atoms with Gasteiger partial charge in [-0.3, -0.25) is 19.4 Å². The molecule has 2 atom stereocenters. The molecule has 2 aliphatic rings. The molecule has 0 unspecified atom stereocenters. The van der Waals surface area contributed by atoms with Crippen LogP contribution in [0.4, 0.5) is 11.4 Å². The molecular formula is C30H22Cl2N2O2. The second-order valence-electron chi connectivity index (χ2n) is 9.18. The Morgan fingerprint density at radius 2 is 0.944 bits per heavy atom. The fraction of sp³-hybridized carbons (Fsp3) is 0.133. The Morgan fingerprint density at radius 1 is 0.583 bits per heavy atom. The Morgan fingerprint density at radius 3 is 1.28 bits per heavy atom. The zero-order valence-corrected chi connectivity index (χ0v) is 21.2. The Kier molecular flexibility index (Phi) is 5.05. The molecule has 0 aromatic heterocycles. The van der Waals surface area contributed by atoms with Gasteiger partial charge in [-0.05, 0) is 47.5 Å². The summed E-state index contributed by atoms with van der Waals surface area (Å²) in [5.41, 5.74) is 2.42. The average Bonchev–Trinajstić information content (AvgIpc) is 3.29. The van der Waals surface area contributed by atoms with E-state index in [1.807, 2.05) is 94.7 Å². The predicted molar refractivity (Wildman–Crippen MR) is 144 cm³/mol. The van der Waals surface area contributed by atoms with Gasteiger partial charge in [-0.1, -0.05) is 83.9 Å². The van der Waals surface area contributed by atoms with Crippen LogP contribution in [-0.4, -0.2) is 11.8 Å². The molecule has 2 amide bonds. The second-order valence-corrected chi connectivity index (χ2v) is 10.1. The van der Waals surface area contributed by atoms with Gasteiger partial charge in [0.15, 0.2) is 0 Å². The van der Waals surface area contributed by atoms with Gasteiger partial charge in [-0.25, -0.2) is 0 Å². The van der Waals surface area contributed by atoms with Gasteiger partial charge in [-0.2, -0.15) is 0 Å². The molecule has 4 aromatic carbocycles. The molecule has 4 nitrogen and oxygen atoms in total. The number of halogens is 2. The first-order valence-corrected chi connectivity index (χ1v) is 12.4. The first-order chi connectivity index (χ1) is 17.3. The summed E-state index contributed by atoms with van der Waals surface area (Å²) in [6, 6.07) is 30.8. The summed E-state index contributed by atoms with van der Waals surface area (Å²) in [7, 11) is 0. The van der Waals surface area contributed by atoms with Crippen LogP contribution in [0.5, 0.6) is 0 Å². The molecule has 36 heavy (non-hydrogen) atoms. The van der Waals surface area contributed by atoms with E-state index in [0.29, 0.717) is 21.4 Å². The molecular weight excluding hydrogens is 491 g/mol. The maximum atomic E-state index is 13.7. The number of nitrogens with zero attached hydrogens (tertiary/aromatic N) is 2. The van der Waals surface area contributed by atoms with Crippen molar-refractivity contribution in [1.82, 2.24) is 0 Å². The fourth-order valence-electron chi connectivity index (χ4n) is 6.46. The number of hydrogen-bond acceptors (Lipinski definition) is 2. The highest BCUT2D eigenvalue weighted by atomic mass is 35.5. The third kappa shape index (κ3) is 2.66. The number of carbonyl (C=O) groups is 2. The first-order valence-electron chi connectivity index (χ1n) is 11.7. The van der Waals surface area contributed by atoms with E-state index in [1.165, 1.54) is 0 Å². The first kappa shape index (κ1) is 22.8. The van der Waals surface area contributed by atoms with Gasteiger partial charge in [0, 0.05) is 35.0 Å². The lowest BCUT2D eigenvalue weighted by atomic mass is 9.65. The third-order valence-electron chi connectivity index (χ3n) is 7.39. The topological polar surface area (TPSA) is 40.6 Å². The lowest BCUT2D eigenvalue weighted by Crippen LogP contribution is -2.62. The van der Waals surface area contributed by atoms with Gasteiger partial charge >= 0.3 is 0 Å². The normalized spacial score (nSPS) is 21.7. The van der Waals surface area contributed by atoms with Crippen molar-refractivity contribution < 1.29 is 9.59 Å². The number of benzene rings is 4. The van der Waals surface area contributed by atoms with Crippen LogP contribution in [0.2, 0.25) is 10.0 Å². The zero-order valence-electron chi connectivity index (χ0n) is 19.7. The van der Waals surface area contributed by atoms with Crippen LogP contribution < -0.4 is 9.80 Å². The molecule has 6 rings (SSSR count). The number of anilines is 2. The van der Waals surface area contributed by atoms with E-state index >= 15 is 0 Å². The van der Waals surface area contributed by atoms with Crippen molar-refractivity contribution in [2.45, 2.75) is 24.9 Å². The van der Waals surface area contributed by atoms with Gasteiger partial charge in [0.1, 0.15) is 11.1 Å². The van der Waals surface area contributed by atoms with Crippen molar-refractivity contribution >= 4 is 46.4 Å². The second kappa shape index (κ2) is 7.95. The minimum atomic E-state index is -1.14. The fourth-order valence-corrected chi connectivity index (χ4v) is 6.80. The summed E-state index contributed by atoms with van der Waals surface area (Å²) in [5.74, 6) is -0.312. The number of amides is 2. The standard InChI is InChI=1S/C30H22Cl2N2O2/c1-19(35)33-27-15-13-23(31)17-25(27)30(22-11-7-4-8-12-22)29(33,21-9-5-3-6-10-21)26-18-24(32)14-16-28(26)34(30)20(2)36/h3-18H,1-2H3/t29-,30-/m1/s1. The van der Waals surface area contributed by atoms with Crippen molar-refractivity contribution in [2.75, 3.05) is 9.80 Å². The van der Waals surface area contributed by atoms with Crippen LogP contribution in [-0.2, 0) is 20.7 Å². The quantitative estimate of drug-likeness (QED) is 0.292. The van der Waals surface area contributed by atoms with Gasteiger partial charge in [0.05, 0.1) is 11.4 Å². The molecule has 0 N–H and O–H groups in total. The van der Waals surface area contributed by atoms with Gasteiger partial charge in [0.2, 0.25) is 11.8 Å². The Hall–Kier alpha value is -3.60. The van der Waals surface area contributed by atoms with E-state index in [2.05, 4.69) is 0 Å². The predicted octanol–water partition coefficient (Wildman–Crippen LogP) is 6.91. The molecule has 4 aromatic rings. The monoisotopic (exact) mass is 512 g/mol. The highest BCUT2D eigenvalue weighted by Crippen LogP contribution is 2.70. The molecule has 0 saturated heterocycles. The van der Waals surface area contributed by atoms with Crippen LogP contribution in [0.15, 0.2) is 97.1 Å². The molecule has 2 heterocycles. The van der Waals surface area contributed by atoms with Gasteiger partial charge in [0.25, 0.3) is 0 Å². The smallest absolute Gasteiger partial charge is 0.225 e. The largest absolute Gasteiger partial charge is 0.295 e. The minimum absolute atomic E-state index is 0.156. The number of hydrogen-bond donors (Lipinski definition) is 0. The summed E-state index contributed by atoms with van der Waals surface area (Å²) in [4.78, 5) is 31.1. The Balaban J connectivity index is 1.94. The van der Waals surface area contributed by atoms with Gasteiger partial charge in [-0.15, -0.1) is 0 Å².